The highest BCUT2D eigenvalue weighted by Gasteiger charge is 2.43. The molecule has 1 unspecified atom stereocenters. The molecule has 1 aromatic heterocycles. The van der Waals surface area contributed by atoms with Crippen LogP contribution in [0.15, 0.2) is 80.4 Å². The highest BCUT2D eigenvalue weighted by molar-refractivity contribution is 9.10. The molecule has 0 bridgehead atoms. The van der Waals surface area contributed by atoms with Crippen molar-refractivity contribution < 1.29 is 13.9 Å². The molecule has 1 atom stereocenters. The van der Waals surface area contributed by atoms with Gasteiger partial charge in [0.05, 0.1) is 23.6 Å². The molecule has 178 valence electrons. The van der Waals surface area contributed by atoms with E-state index in [1.807, 2.05) is 48.5 Å². The van der Waals surface area contributed by atoms with Gasteiger partial charge in [0.1, 0.15) is 11.3 Å². The van der Waals surface area contributed by atoms with E-state index in [0.29, 0.717) is 39.6 Å². The number of unbranched alkanes of at least 4 members (excludes halogenated alkanes) is 2. The molecule has 2 heterocycles. The quantitative estimate of drug-likeness (QED) is 0.222. The Morgan fingerprint density at radius 2 is 1.86 bits per heavy atom. The van der Waals surface area contributed by atoms with Gasteiger partial charge in [-0.3, -0.25) is 14.5 Å². The van der Waals surface area contributed by atoms with Gasteiger partial charge < -0.3 is 9.15 Å². The number of carbonyl (C=O) groups is 1. The summed E-state index contributed by atoms with van der Waals surface area (Å²) >= 11 is 9.67. The zero-order valence-corrected chi connectivity index (χ0v) is 21.4. The van der Waals surface area contributed by atoms with Crippen molar-refractivity contribution in [3.8, 4) is 5.75 Å². The van der Waals surface area contributed by atoms with Crippen molar-refractivity contribution in [1.82, 2.24) is 0 Å². The van der Waals surface area contributed by atoms with Crippen LogP contribution in [0.25, 0.3) is 11.0 Å². The van der Waals surface area contributed by atoms with Gasteiger partial charge >= 0.3 is 0 Å². The fourth-order valence-corrected chi connectivity index (χ4v) is 5.03. The number of amides is 1. The first-order valence-corrected chi connectivity index (χ1v) is 12.7. The van der Waals surface area contributed by atoms with E-state index in [2.05, 4.69) is 22.9 Å². The molecule has 1 aliphatic rings. The van der Waals surface area contributed by atoms with Gasteiger partial charge in [-0.05, 0) is 60.5 Å². The number of rotatable bonds is 7. The van der Waals surface area contributed by atoms with Crippen molar-refractivity contribution in [3.63, 3.8) is 0 Å². The van der Waals surface area contributed by atoms with Gasteiger partial charge in [0.15, 0.2) is 5.43 Å². The average molecular weight is 553 g/mol. The van der Waals surface area contributed by atoms with Crippen LogP contribution in [0.3, 0.4) is 0 Å². The normalized spacial score (nSPS) is 15.0. The molecule has 0 aliphatic carbocycles. The molecule has 5 nitrogen and oxygen atoms in total. The van der Waals surface area contributed by atoms with Crippen molar-refractivity contribution in [2.75, 3.05) is 11.5 Å². The molecule has 7 heteroatoms. The van der Waals surface area contributed by atoms with Gasteiger partial charge in [-0.25, -0.2) is 0 Å². The average Bonchev–Trinajstić information content (AvgIpc) is 3.15. The standard InChI is InChI=1S/C28H23BrClNO4/c1-2-3-4-13-34-21-10-5-7-17(14-21)25-24-26(32)22-16-19(30)11-12-23(22)35-27(24)28(33)31(25)20-9-6-8-18(29)15-20/h5-12,14-16,25H,2-4,13H2,1H3. The third kappa shape index (κ3) is 4.48. The second-order valence-corrected chi connectivity index (χ2v) is 9.85. The van der Waals surface area contributed by atoms with E-state index in [1.54, 1.807) is 23.1 Å². The number of ether oxygens (including phenoxy) is 1. The predicted octanol–water partition coefficient (Wildman–Crippen LogP) is 7.53. The topological polar surface area (TPSA) is 59.8 Å². The number of carbonyl (C=O) groups excluding carboxylic acids is 1. The maximum Gasteiger partial charge on any atom is 0.295 e. The van der Waals surface area contributed by atoms with Gasteiger partial charge in [-0.1, -0.05) is 65.5 Å². The summed E-state index contributed by atoms with van der Waals surface area (Å²) < 4.78 is 12.8. The monoisotopic (exact) mass is 551 g/mol. The van der Waals surface area contributed by atoms with Crippen molar-refractivity contribution in [2.45, 2.75) is 32.2 Å². The van der Waals surface area contributed by atoms with Crippen LogP contribution < -0.4 is 15.1 Å². The van der Waals surface area contributed by atoms with Crippen LogP contribution in [0, 0.1) is 0 Å². The first kappa shape index (κ1) is 23.6. The van der Waals surface area contributed by atoms with E-state index in [4.69, 9.17) is 20.8 Å². The predicted molar refractivity (Wildman–Crippen MR) is 142 cm³/mol. The summed E-state index contributed by atoms with van der Waals surface area (Å²) in [6.45, 7) is 2.76. The third-order valence-corrected chi connectivity index (χ3v) is 6.84. The first-order valence-electron chi connectivity index (χ1n) is 11.6. The lowest BCUT2D eigenvalue weighted by Crippen LogP contribution is -2.29. The zero-order chi connectivity index (χ0) is 24.5. The minimum absolute atomic E-state index is 0.0454. The Morgan fingerprint density at radius 3 is 2.66 bits per heavy atom. The molecule has 1 aliphatic heterocycles. The molecule has 35 heavy (non-hydrogen) atoms. The molecule has 5 rings (SSSR count). The molecule has 0 spiro atoms. The van der Waals surface area contributed by atoms with Crippen molar-refractivity contribution in [3.05, 3.63) is 103 Å². The highest BCUT2D eigenvalue weighted by Crippen LogP contribution is 2.42. The minimum Gasteiger partial charge on any atom is -0.494 e. The molecular formula is C28H23BrClNO4. The van der Waals surface area contributed by atoms with Crippen molar-refractivity contribution in [2.24, 2.45) is 0 Å². The second-order valence-electron chi connectivity index (χ2n) is 8.50. The Bertz CT molecular complexity index is 1480. The lowest BCUT2D eigenvalue weighted by atomic mass is 9.98. The molecule has 0 fully saturated rings. The molecule has 0 radical (unpaired) electrons. The Labute approximate surface area is 216 Å². The molecule has 0 saturated carbocycles. The van der Waals surface area contributed by atoms with Gasteiger partial charge in [0.2, 0.25) is 5.76 Å². The van der Waals surface area contributed by atoms with Crippen LogP contribution in [0.5, 0.6) is 5.75 Å². The van der Waals surface area contributed by atoms with Crippen molar-refractivity contribution >= 4 is 50.1 Å². The Morgan fingerprint density at radius 1 is 1.03 bits per heavy atom. The smallest absolute Gasteiger partial charge is 0.295 e. The Hall–Kier alpha value is -3.09. The van der Waals surface area contributed by atoms with Gasteiger partial charge in [0.25, 0.3) is 5.91 Å². The van der Waals surface area contributed by atoms with Crippen LogP contribution in [0.2, 0.25) is 5.02 Å². The number of nitrogens with zero attached hydrogens (tertiary/aromatic N) is 1. The summed E-state index contributed by atoms with van der Waals surface area (Å²) in [6, 6.07) is 19.2. The van der Waals surface area contributed by atoms with E-state index in [1.165, 1.54) is 0 Å². The fourth-order valence-electron chi connectivity index (χ4n) is 4.47. The molecule has 4 aromatic rings. The lowest BCUT2D eigenvalue weighted by Gasteiger charge is -2.25. The summed E-state index contributed by atoms with van der Waals surface area (Å²) in [5.41, 5.74) is 1.77. The summed E-state index contributed by atoms with van der Waals surface area (Å²) in [5.74, 6) is 0.372. The minimum atomic E-state index is -0.675. The first-order chi connectivity index (χ1) is 17.0. The maximum absolute atomic E-state index is 13.7. The van der Waals surface area contributed by atoms with Crippen LogP contribution in [0.1, 0.15) is 53.9 Å². The molecule has 0 saturated heterocycles. The van der Waals surface area contributed by atoms with Crippen LogP contribution in [-0.2, 0) is 0 Å². The van der Waals surface area contributed by atoms with E-state index in [-0.39, 0.29) is 17.1 Å². The summed E-state index contributed by atoms with van der Waals surface area (Å²) in [4.78, 5) is 29.0. The van der Waals surface area contributed by atoms with Crippen LogP contribution in [0.4, 0.5) is 5.69 Å². The number of halogens is 2. The summed E-state index contributed by atoms with van der Waals surface area (Å²) in [5, 5.41) is 0.772. The number of benzene rings is 3. The summed E-state index contributed by atoms with van der Waals surface area (Å²) in [7, 11) is 0. The third-order valence-electron chi connectivity index (χ3n) is 6.11. The molecule has 0 N–H and O–H groups in total. The number of hydrogen-bond donors (Lipinski definition) is 0. The van der Waals surface area contributed by atoms with Crippen molar-refractivity contribution in [1.29, 1.82) is 0 Å². The molecule has 1 amide bonds. The molecular weight excluding hydrogens is 530 g/mol. The van der Waals surface area contributed by atoms with Crippen LogP contribution in [-0.4, -0.2) is 12.5 Å². The van der Waals surface area contributed by atoms with Gasteiger partial charge in [0, 0.05) is 15.2 Å². The molecule has 3 aromatic carbocycles. The van der Waals surface area contributed by atoms with E-state index < -0.39 is 6.04 Å². The number of anilines is 1. The Balaban J connectivity index is 1.68. The van der Waals surface area contributed by atoms with E-state index >= 15 is 0 Å². The second kappa shape index (κ2) is 9.88. The maximum atomic E-state index is 13.7. The number of hydrogen-bond acceptors (Lipinski definition) is 4. The Kier molecular flexibility index (Phi) is 6.67. The van der Waals surface area contributed by atoms with Gasteiger partial charge in [-0.15, -0.1) is 0 Å². The van der Waals surface area contributed by atoms with Crippen LogP contribution >= 0.6 is 27.5 Å². The SMILES string of the molecule is CCCCCOc1cccc(C2c3c(oc4ccc(Cl)cc4c3=O)C(=O)N2c2cccc(Br)c2)c1. The number of fused-ring (bicyclic) bond motifs is 2. The largest absolute Gasteiger partial charge is 0.494 e. The lowest BCUT2D eigenvalue weighted by molar-refractivity contribution is 0.0971. The summed E-state index contributed by atoms with van der Waals surface area (Å²) in [6.07, 6.45) is 3.17. The van der Waals surface area contributed by atoms with E-state index in [0.717, 1.165) is 29.3 Å². The fraction of sp³-hybridized carbons (Fsp3) is 0.214. The van der Waals surface area contributed by atoms with E-state index in [9.17, 15) is 9.59 Å². The van der Waals surface area contributed by atoms with Gasteiger partial charge in [-0.2, -0.15) is 0 Å². The highest BCUT2D eigenvalue weighted by atomic mass is 79.9. The zero-order valence-electron chi connectivity index (χ0n) is 19.1.